The molecule has 0 aliphatic heterocycles. The van der Waals surface area contributed by atoms with Gasteiger partial charge in [0.2, 0.25) is 5.91 Å². The Hall–Kier alpha value is -1.77. The number of aromatic amines is 1. The van der Waals surface area contributed by atoms with Crippen LogP contribution < -0.4 is 5.32 Å². The van der Waals surface area contributed by atoms with Crippen LogP contribution >= 0.6 is 0 Å². The Balaban J connectivity index is 1.32. The molecule has 1 amide bonds. The molecule has 0 bridgehead atoms. The van der Waals surface area contributed by atoms with Gasteiger partial charge in [0.15, 0.2) is 0 Å². The molecule has 2 aromatic rings. The molecule has 198 valence electrons. The van der Waals surface area contributed by atoms with Crippen LogP contribution in [0.25, 0.3) is 10.9 Å². The molecular weight excluding hydrogens is 428 g/mol. The number of aryl methyl sites for hydroxylation is 1. The number of benzene rings is 1. The number of aromatic nitrogens is 1. The Morgan fingerprint density at radius 2 is 1.26 bits per heavy atom. The SMILES string of the molecule is CCCCCCCCCCCCCCCCCCCCC(=O)NCCc1c[nH]c2ccc(C)cc12. The van der Waals surface area contributed by atoms with Crippen molar-refractivity contribution in [2.75, 3.05) is 6.54 Å². The summed E-state index contributed by atoms with van der Waals surface area (Å²) in [6, 6.07) is 6.48. The number of carbonyl (C=O) groups is 1. The minimum Gasteiger partial charge on any atom is -0.361 e. The van der Waals surface area contributed by atoms with E-state index in [2.05, 4.69) is 48.5 Å². The van der Waals surface area contributed by atoms with E-state index in [1.54, 1.807) is 0 Å². The summed E-state index contributed by atoms with van der Waals surface area (Å²) in [6.07, 6.45) is 28.4. The molecule has 35 heavy (non-hydrogen) atoms. The second-order valence-electron chi connectivity index (χ2n) is 10.7. The summed E-state index contributed by atoms with van der Waals surface area (Å²) in [4.78, 5) is 15.5. The minimum absolute atomic E-state index is 0.206. The molecule has 0 saturated carbocycles. The molecular formula is C32H54N2O. The molecule has 0 aliphatic rings. The zero-order valence-corrected chi connectivity index (χ0v) is 23.1. The number of amides is 1. The molecule has 1 aromatic heterocycles. The third-order valence-corrected chi connectivity index (χ3v) is 7.40. The smallest absolute Gasteiger partial charge is 0.220 e. The Morgan fingerprint density at radius 3 is 1.80 bits per heavy atom. The lowest BCUT2D eigenvalue weighted by atomic mass is 10.0. The van der Waals surface area contributed by atoms with Crippen LogP contribution in [0, 0.1) is 6.92 Å². The van der Waals surface area contributed by atoms with E-state index in [9.17, 15) is 4.79 Å². The van der Waals surface area contributed by atoms with Gasteiger partial charge in [0.25, 0.3) is 0 Å². The number of nitrogens with one attached hydrogen (secondary N) is 2. The van der Waals surface area contributed by atoms with Gasteiger partial charge in [-0.15, -0.1) is 0 Å². The molecule has 2 rings (SSSR count). The summed E-state index contributed by atoms with van der Waals surface area (Å²) in [7, 11) is 0. The fourth-order valence-electron chi connectivity index (χ4n) is 5.11. The van der Waals surface area contributed by atoms with Crippen molar-refractivity contribution >= 4 is 16.8 Å². The lowest BCUT2D eigenvalue weighted by molar-refractivity contribution is -0.121. The van der Waals surface area contributed by atoms with Crippen LogP contribution in [0.4, 0.5) is 0 Å². The Bertz CT molecular complexity index is 794. The summed E-state index contributed by atoms with van der Waals surface area (Å²) in [5.41, 5.74) is 3.74. The van der Waals surface area contributed by atoms with Gasteiger partial charge in [-0.1, -0.05) is 128 Å². The van der Waals surface area contributed by atoms with Crippen molar-refractivity contribution in [3.05, 3.63) is 35.5 Å². The molecule has 0 atom stereocenters. The van der Waals surface area contributed by atoms with Crippen molar-refractivity contribution in [1.82, 2.24) is 10.3 Å². The maximum absolute atomic E-state index is 12.1. The van der Waals surface area contributed by atoms with Gasteiger partial charge in [-0.25, -0.2) is 0 Å². The van der Waals surface area contributed by atoms with Crippen molar-refractivity contribution in [2.45, 2.75) is 142 Å². The average Bonchev–Trinajstić information content (AvgIpc) is 3.25. The van der Waals surface area contributed by atoms with Crippen LogP contribution in [0.3, 0.4) is 0 Å². The summed E-state index contributed by atoms with van der Waals surface area (Å²) in [5, 5.41) is 4.38. The molecule has 0 saturated heterocycles. The van der Waals surface area contributed by atoms with Gasteiger partial charge in [0, 0.05) is 30.1 Å². The minimum atomic E-state index is 0.206. The second kappa shape index (κ2) is 19.4. The van der Waals surface area contributed by atoms with E-state index in [-0.39, 0.29) is 5.91 Å². The lowest BCUT2D eigenvalue weighted by Crippen LogP contribution is -2.25. The molecule has 0 spiro atoms. The number of hydrogen-bond acceptors (Lipinski definition) is 1. The molecule has 1 aromatic carbocycles. The van der Waals surface area contributed by atoms with Gasteiger partial charge in [0.1, 0.15) is 0 Å². The number of rotatable bonds is 22. The first-order valence-electron chi connectivity index (χ1n) is 15.0. The van der Waals surface area contributed by atoms with Gasteiger partial charge in [0.05, 0.1) is 0 Å². The highest BCUT2D eigenvalue weighted by molar-refractivity contribution is 5.84. The van der Waals surface area contributed by atoms with Gasteiger partial charge < -0.3 is 10.3 Å². The summed E-state index contributed by atoms with van der Waals surface area (Å²) >= 11 is 0. The van der Waals surface area contributed by atoms with Crippen molar-refractivity contribution in [3.8, 4) is 0 Å². The van der Waals surface area contributed by atoms with Crippen LogP contribution in [0.15, 0.2) is 24.4 Å². The first kappa shape index (κ1) is 29.5. The highest BCUT2D eigenvalue weighted by Crippen LogP contribution is 2.20. The van der Waals surface area contributed by atoms with Crippen molar-refractivity contribution < 1.29 is 4.79 Å². The van der Waals surface area contributed by atoms with Crippen LogP contribution in [-0.2, 0) is 11.2 Å². The van der Waals surface area contributed by atoms with E-state index in [0.717, 1.165) is 19.4 Å². The van der Waals surface area contributed by atoms with Crippen molar-refractivity contribution in [2.24, 2.45) is 0 Å². The van der Waals surface area contributed by atoms with E-state index >= 15 is 0 Å². The molecule has 0 aliphatic carbocycles. The van der Waals surface area contributed by atoms with Gasteiger partial charge >= 0.3 is 0 Å². The van der Waals surface area contributed by atoms with Crippen LogP contribution in [-0.4, -0.2) is 17.4 Å². The molecule has 3 heteroatoms. The molecule has 1 heterocycles. The van der Waals surface area contributed by atoms with Crippen LogP contribution in [0.5, 0.6) is 0 Å². The highest BCUT2D eigenvalue weighted by atomic mass is 16.1. The third kappa shape index (κ3) is 13.8. The number of carbonyl (C=O) groups excluding carboxylic acids is 1. The first-order chi connectivity index (χ1) is 17.2. The monoisotopic (exact) mass is 482 g/mol. The first-order valence-corrected chi connectivity index (χ1v) is 15.0. The Labute approximate surface area is 216 Å². The van der Waals surface area contributed by atoms with Gasteiger partial charge in [-0.2, -0.15) is 0 Å². The normalized spacial score (nSPS) is 11.4. The van der Waals surface area contributed by atoms with Gasteiger partial charge in [-0.3, -0.25) is 4.79 Å². The fraction of sp³-hybridized carbons (Fsp3) is 0.719. The predicted octanol–water partition coefficient (Wildman–Crippen LogP) is 9.57. The van der Waals surface area contributed by atoms with Crippen molar-refractivity contribution in [1.29, 1.82) is 0 Å². The van der Waals surface area contributed by atoms with Crippen LogP contribution in [0.1, 0.15) is 140 Å². The lowest BCUT2D eigenvalue weighted by Gasteiger charge is -2.06. The summed E-state index contributed by atoms with van der Waals surface area (Å²) < 4.78 is 0. The molecule has 0 unspecified atom stereocenters. The zero-order valence-electron chi connectivity index (χ0n) is 23.1. The number of unbranched alkanes of at least 4 members (excludes halogenated alkanes) is 17. The predicted molar refractivity (Wildman–Crippen MR) is 153 cm³/mol. The second-order valence-corrected chi connectivity index (χ2v) is 10.7. The molecule has 0 fully saturated rings. The maximum atomic E-state index is 12.1. The molecule has 3 nitrogen and oxygen atoms in total. The molecule has 0 radical (unpaired) electrons. The van der Waals surface area contributed by atoms with E-state index < -0.39 is 0 Å². The summed E-state index contributed by atoms with van der Waals surface area (Å²) in [5.74, 6) is 0.206. The Morgan fingerprint density at radius 1 is 0.743 bits per heavy atom. The number of hydrogen-bond donors (Lipinski definition) is 2. The summed E-state index contributed by atoms with van der Waals surface area (Å²) in [6.45, 7) is 5.13. The number of fused-ring (bicyclic) bond motifs is 1. The van der Waals surface area contributed by atoms with E-state index in [4.69, 9.17) is 0 Å². The Kier molecular flexibility index (Phi) is 16.3. The van der Waals surface area contributed by atoms with E-state index in [0.29, 0.717) is 6.42 Å². The van der Waals surface area contributed by atoms with E-state index in [1.165, 1.54) is 131 Å². The fourth-order valence-corrected chi connectivity index (χ4v) is 5.11. The average molecular weight is 483 g/mol. The standard InChI is InChI=1S/C32H54N2O/c1-3-4-5-6-7-8-9-10-11-12-13-14-15-16-17-18-19-20-21-32(35)33-25-24-29-27-34-31-23-22-28(2)26-30(29)31/h22-23,26-27,34H,3-21,24-25H2,1-2H3,(H,33,35). The van der Waals surface area contributed by atoms with Crippen molar-refractivity contribution in [3.63, 3.8) is 0 Å². The van der Waals surface area contributed by atoms with Crippen LogP contribution in [0.2, 0.25) is 0 Å². The number of H-pyrrole nitrogens is 1. The third-order valence-electron chi connectivity index (χ3n) is 7.40. The highest BCUT2D eigenvalue weighted by Gasteiger charge is 2.05. The zero-order chi connectivity index (χ0) is 25.0. The molecule has 2 N–H and O–H groups in total. The quantitative estimate of drug-likeness (QED) is 0.161. The largest absolute Gasteiger partial charge is 0.361 e. The topological polar surface area (TPSA) is 44.9 Å². The van der Waals surface area contributed by atoms with Gasteiger partial charge in [-0.05, 0) is 37.5 Å². The van der Waals surface area contributed by atoms with E-state index in [1.807, 2.05) is 0 Å². The maximum Gasteiger partial charge on any atom is 0.220 e.